The van der Waals surface area contributed by atoms with Crippen LogP contribution in [0.2, 0.25) is 0 Å². The summed E-state index contributed by atoms with van der Waals surface area (Å²) in [5.74, 6) is 0.615. The Labute approximate surface area is 152 Å². The third kappa shape index (κ3) is 4.15. The first kappa shape index (κ1) is 17.8. The molecule has 0 aliphatic heterocycles. The van der Waals surface area contributed by atoms with E-state index < -0.39 is 5.91 Å². The summed E-state index contributed by atoms with van der Waals surface area (Å²) in [6.45, 7) is 1.24. The summed E-state index contributed by atoms with van der Waals surface area (Å²) >= 11 is 0. The second-order valence-electron chi connectivity index (χ2n) is 5.99. The van der Waals surface area contributed by atoms with Crippen LogP contribution in [0.4, 0.5) is 0 Å². The molecule has 26 heavy (non-hydrogen) atoms. The summed E-state index contributed by atoms with van der Waals surface area (Å²) in [5.41, 5.74) is 8.53. The lowest BCUT2D eigenvalue weighted by molar-refractivity contribution is -0.119. The van der Waals surface area contributed by atoms with E-state index in [1.807, 2.05) is 24.3 Å². The average Bonchev–Trinajstić information content (AvgIpc) is 3.07. The van der Waals surface area contributed by atoms with E-state index in [0.29, 0.717) is 18.0 Å². The summed E-state index contributed by atoms with van der Waals surface area (Å²) in [6.07, 6.45) is 2.96. The van der Waals surface area contributed by atoms with Crippen LogP contribution >= 0.6 is 0 Å². The summed E-state index contributed by atoms with van der Waals surface area (Å²) in [6, 6.07) is 13.9. The Hall–Kier alpha value is -2.99. The molecule has 0 spiro atoms. The van der Waals surface area contributed by atoms with Crippen molar-refractivity contribution in [3.05, 3.63) is 59.8 Å². The zero-order valence-electron chi connectivity index (χ0n) is 14.7. The van der Waals surface area contributed by atoms with Crippen molar-refractivity contribution in [3.63, 3.8) is 0 Å². The topological polar surface area (TPSA) is 89.4 Å². The zero-order chi connectivity index (χ0) is 18.4. The van der Waals surface area contributed by atoms with Gasteiger partial charge < -0.3 is 25.5 Å². The van der Waals surface area contributed by atoms with Crippen molar-refractivity contribution in [1.82, 2.24) is 10.3 Å². The molecule has 0 bridgehead atoms. The van der Waals surface area contributed by atoms with Crippen molar-refractivity contribution in [2.24, 2.45) is 5.73 Å². The number of carbonyl (C=O) groups excluding carboxylic acids is 1. The van der Waals surface area contributed by atoms with Crippen LogP contribution in [0, 0.1) is 0 Å². The van der Waals surface area contributed by atoms with Gasteiger partial charge in [0.15, 0.2) is 18.1 Å². The van der Waals surface area contributed by atoms with Gasteiger partial charge in [0.2, 0.25) is 0 Å². The van der Waals surface area contributed by atoms with Gasteiger partial charge in [-0.3, -0.25) is 4.79 Å². The highest BCUT2D eigenvalue weighted by atomic mass is 16.5. The van der Waals surface area contributed by atoms with Crippen molar-refractivity contribution in [2.45, 2.75) is 13.0 Å². The van der Waals surface area contributed by atoms with Gasteiger partial charge >= 0.3 is 0 Å². The second-order valence-corrected chi connectivity index (χ2v) is 5.99. The lowest BCUT2D eigenvalue weighted by Crippen LogP contribution is -2.22. The highest BCUT2D eigenvalue weighted by Crippen LogP contribution is 2.31. The van der Waals surface area contributed by atoms with Crippen molar-refractivity contribution < 1.29 is 14.3 Å². The maximum atomic E-state index is 11.0. The van der Waals surface area contributed by atoms with E-state index in [-0.39, 0.29) is 6.61 Å². The summed E-state index contributed by atoms with van der Waals surface area (Å²) in [5, 5.41) is 4.67. The predicted molar refractivity (Wildman–Crippen MR) is 101 cm³/mol. The normalized spacial score (nSPS) is 10.8. The first-order valence-electron chi connectivity index (χ1n) is 8.51. The van der Waals surface area contributed by atoms with E-state index in [9.17, 15) is 4.79 Å². The molecule has 1 aromatic heterocycles. The van der Waals surface area contributed by atoms with Gasteiger partial charge in [0.05, 0.1) is 7.11 Å². The molecule has 0 saturated carbocycles. The largest absolute Gasteiger partial charge is 0.493 e. The van der Waals surface area contributed by atoms with E-state index in [0.717, 1.165) is 24.0 Å². The van der Waals surface area contributed by atoms with E-state index in [2.05, 4.69) is 28.6 Å². The third-order valence-corrected chi connectivity index (χ3v) is 4.20. The van der Waals surface area contributed by atoms with Crippen LogP contribution in [0.5, 0.6) is 11.5 Å². The van der Waals surface area contributed by atoms with Crippen molar-refractivity contribution in [3.8, 4) is 11.5 Å². The molecule has 0 unspecified atom stereocenters. The molecule has 2 aromatic carbocycles. The molecule has 0 atom stereocenters. The van der Waals surface area contributed by atoms with Gasteiger partial charge in [0.1, 0.15) is 0 Å². The first-order valence-corrected chi connectivity index (χ1v) is 8.51. The zero-order valence-corrected chi connectivity index (χ0v) is 14.7. The molecule has 0 saturated heterocycles. The van der Waals surface area contributed by atoms with Crippen LogP contribution in [0.3, 0.4) is 0 Å². The van der Waals surface area contributed by atoms with Crippen LogP contribution < -0.4 is 20.5 Å². The lowest BCUT2D eigenvalue weighted by Gasteiger charge is -2.14. The number of amides is 1. The standard InChI is InChI=1S/C20H23N3O3/c1-25-18-8-4-5-15(20(18)26-13-19(21)24)11-22-10-9-14-12-23-17-7-3-2-6-16(14)17/h2-8,12,22-23H,9-11,13H2,1H3,(H2,21,24). The second kappa shape index (κ2) is 8.40. The molecule has 4 N–H and O–H groups in total. The molecular formula is C20H23N3O3. The highest BCUT2D eigenvalue weighted by molar-refractivity contribution is 5.83. The van der Waals surface area contributed by atoms with Crippen LogP contribution in [0.15, 0.2) is 48.7 Å². The number of aromatic nitrogens is 1. The quantitative estimate of drug-likeness (QED) is 0.515. The number of benzene rings is 2. The number of carbonyl (C=O) groups is 1. The summed E-state index contributed by atoms with van der Waals surface area (Å²) in [7, 11) is 1.57. The number of H-pyrrole nitrogens is 1. The number of hydrogen-bond acceptors (Lipinski definition) is 4. The molecule has 3 rings (SSSR count). The fraction of sp³-hybridized carbons (Fsp3) is 0.250. The number of nitrogens with two attached hydrogens (primary N) is 1. The van der Waals surface area contributed by atoms with Gasteiger partial charge in [-0.05, 0) is 30.7 Å². The Bertz CT molecular complexity index is 889. The number of aromatic amines is 1. The SMILES string of the molecule is COc1cccc(CNCCc2c[nH]c3ccccc23)c1OCC(N)=O. The number of rotatable bonds is 9. The van der Waals surface area contributed by atoms with Crippen LogP contribution in [0.1, 0.15) is 11.1 Å². The Morgan fingerprint density at radius 1 is 1.15 bits per heavy atom. The van der Waals surface area contributed by atoms with Crippen LogP contribution in [-0.2, 0) is 17.8 Å². The minimum absolute atomic E-state index is 0.178. The fourth-order valence-corrected chi connectivity index (χ4v) is 2.95. The van der Waals surface area contributed by atoms with Gasteiger partial charge in [-0.25, -0.2) is 0 Å². The molecule has 1 amide bonds. The Kier molecular flexibility index (Phi) is 5.76. The van der Waals surface area contributed by atoms with Crippen molar-refractivity contribution in [1.29, 1.82) is 0 Å². The summed E-state index contributed by atoms with van der Waals surface area (Å²) < 4.78 is 10.9. The maximum absolute atomic E-state index is 11.0. The van der Waals surface area contributed by atoms with E-state index >= 15 is 0 Å². The molecule has 6 heteroatoms. The number of hydrogen-bond donors (Lipinski definition) is 3. The minimum Gasteiger partial charge on any atom is -0.493 e. The number of primary amides is 1. The van der Waals surface area contributed by atoms with Crippen molar-refractivity contribution >= 4 is 16.8 Å². The van der Waals surface area contributed by atoms with E-state index in [4.69, 9.17) is 15.2 Å². The molecule has 136 valence electrons. The number of ether oxygens (including phenoxy) is 2. The van der Waals surface area contributed by atoms with Gasteiger partial charge in [-0.1, -0.05) is 30.3 Å². The van der Waals surface area contributed by atoms with E-state index in [1.54, 1.807) is 13.2 Å². The van der Waals surface area contributed by atoms with Crippen LogP contribution in [0.25, 0.3) is 10.9 Å². The molecule has 0 radical (unpaired) electrons. The Balaban J connectivity index is 1.61. The maximum Gasteiger partial charge on any atom is 0.255 e. The smallest absolute Gasteiger partial charge is 0.255 e. The number of para-hydroxylation sites is 2. The fourth-order valence-electron chi connectivity index (χ4n) is 2.95. The minimum atomic E-state index is -0.519. The number of fused-ring (bicyclic) bond motifs is 1. The highest BCUT2D eigenvalue weighted by Gasteiger charge is 2.11. The molecule has 6 nitrogen and oxygen atoms in total. The van der Waals surface area contributed by atoms with Gasteiger partial charge in [-0.15, -0.1) is 0 Å². The number of nitrogens with one attached hydrogen (secondary N) is 2. The van der Waals surface area contributed by atoms with Crippen LogP contribution in [-0.4, -0.2) is 31.2 Å². The Morgan fingerprint density at radius 2 is 2.00 bits per heavy atom. The third-order valence-electron chi connectivity index (χ3n) is 4.20. The monoisotopic (exact) mass is 353 g/mol. The number of methoxy groups -OCH3 is 1. The summed E-state index contributed by atoms with van der Waals surface area (Å²) in [4.78, 5) is 14.3. The van der Waals surface area contributed by atoms with Gasteiger partial charge in [0, 0.05) is 29.2 Å². The first-order chi connectivity index (χ1) is 12.7. The predicted octanol–water partition coefficient (Wildman–Crippen LogP) is 2.37. The molecule has 0 aliphatic rings. The molecular weight excluding hydrogens is 330 g/mol. The Morgan fingerprint density at radius 3 is 2.81 bits per heavy atom. The average molecular weight is 353 g/mol. The van der Waals surface area contributed by atoms with Crippen molar-refractivity contribution in [2.75, 3.05) is 20.3 Å². The lowest BCUT2D eigenvalue weighted by atomic mass is 10.1. The van der Waals surface area contributed by atoms with Gasteiger partial charge in [0.25, 0.3) is 5.91 Å². The molecule has 3 aromatic rings. The molecule has 0 fully saturated rings. The van der Waals surface area contributed by atoms with Gasteiger partial charge in [-0.2, -0.15) is 0 Å². The van der Waals surface area contributed by atoms with E-state index in [1.165, 1.54) is 10.9 Å². The molecule has 1 heterocycles. The molecule has 0 aliphatic carbocycles.